The van der Waals surface area contributed by atoms with Gasteiger partial charge >= 0.3 is 64.0 Å². The summed E-state index contributed by atoms with van der Waals surface area (Å²) in [5.74, 6) is -0.957. The van der Waals surface area contributed by atoms with Crippen LogP contribution in [0.2, 0.25) is 0 Å². The molecule has 0 nitrogen and oxygen atoms in total. The molecule has 1 aromatic rings. The van der Waals surface area contributed by atoms with E-state index in [1.807, 2.05) is 0 Å². The summed E-state index contributed by atoms with van der Waals surface area (Å²) in [6.07, 6.45) is 0. The van der Waals surface area contributed by atoms with E-state index in [1.165, 1.54) is 39.9 Å². The molecular weight excluding hydrogens is 214 g/mol. The third-order valence-corrected chi connectivity index (χ3v) is 1.74. The van der Waals surface area contributed by atoms with E-state index >= 15 is 0 Å². The standard InChI is InChI=1S/C6H3F2.BrH.Mg/c7-5-2-1-3-6(8)4-5;;/h1-3H;1H;/q;;+1/p-1. The van der Waals surface area contributed by atoms with E-state index in [4.69, 9.17) is 0 Å². The van der Waals surface area contributed by atoms with Gasteiger partial charge in [-0.05, 0) is 0 Å². The van der Waals surface area contributed by atoms with Crippen molar-refractivity contribution < 1.29 is 25.8 Å². The van der Waals surface area contributed by atoms with E-state index in [0.717, 1.165) is 0 Å². The molecule has 1 rings (SSSR count). The Morgan fingerprint density at radius 3 is 1.80 bits per heavy atom. The first kappa shape index (κ1) is 10.3. The Morgan fingerprint density at radius 1 is 1.10 bits per heavy atom. The van der Waals surface area contributed by atoms with Gasteiger partial charge in [0.05, 0.1) is 0 Å². The Morgan fingerprint density at radius 2 is 1.50 bits per heavy atom. The van der Waals surface area contributed by atoms with E-state index in [1.54, 1.807) is 0 Å². The summed E-state index contributed by atoms with van der Waals surface area (Å²) >= 11 is 1.21. The van der Waals surface area contributed by atoms with Gasteiger partial charge in [-0.25, -0.2) is 0 Å². The minimum absolute atomic E-state index is 0. The van der Waals surface area contributed by atoms with Gasteiger partial charge in [-0.2, -0.15) is 0 Å². The summed E-state index contributed by atoms with van der Waals surface area (Å²) in [6, 6.07) is 3.83. The maximum absolute atomic E-state index is 12.3. The van der Waals surface area contributed by atoms with Crippen molar-refractivity contribution in [2.45, 2.75) is 0 Å². The molecule has 0 saturated heterocycles. The van der Waals surface area contributed by atoms with Crippen LogP contribution in [-0.2, 0) is 0 Å². The summed E-state index contributed by atoms with van der Waals surface area (Å²) < 4.78 is 24.8. The number of hydrogen-bond acceptors (Lipinski definition) is 0. The van der Waals surface area contributed by atoms with E-state index < -0.39 is 11.6 Å². The minimum atomic E-state index is -0.478. The Bertz CT molecular complexity index is 207. The van der Waals surface area contributed by atoms with Crippen molar-refractivity contribution in [1.29, 1.82) is 0 Å². The van der Waals surface area contributed by atoms with Gasteiger partial charge in [0.2, 0.25) is 0 Å². The van der Waals surface area contributed by atoms with Crippen molar-refractivity contribution in [2.75, 3.05) is 0 Å². The average Bonchev–Trinajstić information content (AvgIpc) is 1.83. The molecule has 0 unspecified atom stereocenters. The topological polar surface area (TPSA) is 0 Å². The molecule has 10 heavy (non-hydrogen) atoms. The molecule has 0 aromatic heterocycles. The van der Waals surface area contributed by atoms with Crippen LogP contribution in [0.15, 0.2) is 18.2 Å². The van der Waals surface area contributed by atoms with Crippen LogP contribution >= 0.6 is 0 Å². The first-order chi connectivity index (χ1) is 4.22. The van der Waals surface area contributed by atoms with Gasteiger partial charge in [0, 0.05) is 0 Å². The van der Waals surface area contributed by atoms with Gasteiger partial charge < -0.3 is 17.0 Å². The Hall–Kier alpha value is 0.326. The fraction of sp³-hybridized carbons (Fsp3) is 0. The number of benzene rings is 1. The first-order valence-corrected chi connectivity index (χ1v) is 3.18. The summed E-state index contributed by atoms with van der Waals surface area (Å²) in [7, 11) is 0. The largest absolute Gasteiger partial charge is 1.00 e. The number of halogens is 3. The quantitative estimate of drug-likeness (QED) is 0.431. The second-order valence-electron chi connectivity index (χ2n) is 1.70. The Balaban J connectivity index is 0.000000810. The van der Waals surface area contributed by atoms with Gasteiger partial charge in [0.25, 0.3) is 0 Å². The van der Waals surface area contributed by atoms with Crippen molar-refractivity contribution in [3.05, 3.63) is 29.8 Å². The van der Waals surface area contributed by atoms with E-state index in [2.05, 4.69) is 0 Å². The van der Waals surface area contributed by atoms with Crippen LogP contribution in [-0.4, -0.2) is 21.7 Å². The molecule has 0 bridgehead atoms. The molecule has 0 amide bonds. The molecule has 0 radical (unpaired) electrons. The van der Waals surface area contributed by atoms with Gasteiger partial charge in [-0.15, -0.1) is 0 Å². The summed E-state index contributed by atoms with van der Waals surface area (Å²) in [5.41, 5.74) is 0. The molecular formula is C6H3BrF2Mg. The predicted octanol–water partition coefficient (Wildman–Crippen LogP) is -2.24. The Kier molecular flexibility index (Phi) is 4.39. The summed E-state index contributed by atoms with van der Waals surface area (Å²) in [5, 5.41) is 0. The molecule has 0 saturated carbocycles. The van der Waals surface area contributed by atoms with Crippen LogP contribution in [0, 0.1) is 11.6 Å². The first-order valence-electron chi connectivity index (χ1n) is 2.48. The van der Waals surface area contributed by atoms with Gasteiger partial charge in [0.1, 0.15) is 0 Å². The van der Waals surface area contributed by atoms with Gasteiger partial charge in [0.15, 0.2) is 0 Å². The fourth-order valence-corrected chi connectivity index (χ4v) is 0.768. The SMILES string of the molecule is Fc1cccc(F)[c]1[Mg+].[Br-]. The molecule has 0 N–H and O–H groups in total. The van der Waals surface area contributed by atoms with Gasteiger partial charge in [-0.1, -0.05) is 0 Å². The second-order valence-corrected chi connectivity index (χ2v) is 2.41. The fourth-order valence-electron chi connectivity index (χ4n) is 0.532. The van der Waals surface area contributed by atoms with Crippen molar-refractivity contribution in [1.82, 2.24) is 0 Å². The van der Waals surface area contributed by atoms with Gasteiger partial charge in [-0.3, -0.25) is 0 Å². The third kappa shape index (κ3) is 2.18. The molecule has 0 spiro atoms. The maximum atomic E-state index is 12.3. The van der Waals surface area contributed by atoms with Crippen LogP contribution in [0.25, 0.3) is 0 Å². The van der Waals surface area contributed by atoms with E-state index in [9.17, 15) is 8.78 Å². The molecule has 0 heterocycles. The molecule has 0 aliphatic carbocycles. The average molecular weight is 217 g/mol. The van der Waals surface area contributed by atoms with Crippen LogP contribution in [0.1, 0.15) is 0 Å². The minimum Gasteiger partial charge on any atom is -1.00 e. The van der Waals surface area contributed by atoms with Crippen LogP contribution in [0.3, 0.4) is 0 Å². The van der Waals surface area contributed by atoms with E-state index in [-0.39, 0.29) is 20.7 Å². The maximum Gasteiger partial charge on any atom is -1.00 e. The molecule has 0 fully saturated rings. The zero-order valence-corrected chi connectivity index (χ0v) is 8.07. The molecule has 1 aromatic carbocycles. The zero-order chi connectivity index (χ0) is 6.85. The molecule has 50 valence electrons. The monoisotopic (exact) mass is 216 g/mol. The normalized spacial score (nSPS) is 8.80. The van der Waals surface area contributed by atoms with Crippen molar-refractivity contribution >= 4 is 25.4 Å². The van der Waals surface area contributed by atoms with Crippen molar-refractivity contribution in [3.8, 4) is 0 Å². The van der Waals surface area contributed by atoms with Crippen molar-refractivity contribution in [3.63, 3.8) is 0 Å². The van der Waals surface area contributed by atoms with E-state index in [0.29, 0.717) is 0 Å². The molecule has 4 heteroatoms. The molecule has 0 atom stereocenters. The smallest absolute Gasteiger partial charge is 1.00 e. The number of hydrogen-bond donors (Lipinski definition) is 0. The van der Waals surface area contributed by atoms with Crippen molar-refractivity contribution in [2.24, 2.45) is 0 Å². The number of rotatable bonds is 0. The molecule has 0 aliphatic heterocycles. The third-order valence-electron chi connectivity index (χ3n) is 1.06. The van der Waals surface area contributed by atoms with Crippen LogP contribution in [0.5, 0.6) is 0 Å². The zero-order valence-electron chi connectivity index (χ0n) is 5.07. The summed E-state index contributed by atoms with van der Waals surface area (Å²) in [6.45, 7) is 0. The molecule has 0 aliphatic rings. The second kappa shape index (κ2) is 4.26. The van der Waals surface area contributed by atoms with Crippen LogP contribution in [0.4, 0.5) is 8.78 Å². The summed E-state index contributed by atoms with van der Waals surface area (Å²) in [4.78, 5) is 0. The van der Waals surface area contributed by atoms with Crippen LogP contribution < -0.4 is 20.7 Å². The Labute approximate surface area is 80.8 Å². The predicted molar refractivity (Wildman–Crippen MR) is 31.7 cm³/mol.